The van der Waals surface area contributed by atoms with Crippen molar-refractivity contribution in [2.75, 3.05) is 13.1 Å². The SMILES string of the molecule is CC(C)CCCC1=CCCNCC1. The fraction of sp³-hybridized carbons (Fsp3) is 0.833. The Morgan fingerprint density at radius 2 is 2.23 bits per heavy atom. The van der Waals surface area contributed by atoms with Gasteiger partial charge in [-0.1, -0.05) is 31.9 Å². The molecule has 1 rings (SSSR count). The van der Waals surface area contributed by atoms with Crippen molar-refractivity contribution in [3.8, 4) is 0 Å². The van der Waals surface area contributed by atoms with Gasteiger partial charge in [0.2, 0.25) is 0 Å². The summed E-state index contributed by atoms with van der Waals surface area (Å²) in [5, 5.41) is 3.42. The molecular weight excluding hydrogens is 158 g/mol. The predicted octanol–water partition coefficient (Wildman–Crippen LogP) is 3.12. The van der Waals surface area contributed by atoms with Crippen molar-refractivity contribution in [1.82, 2.24) is 5.32 Å². The van der Waals surface area contributed by atoms with Crippen LogP contribution >= 0.6 is 0 Å². The van der Waals surface area contributed by atoms with Gasteiger partial charge in [0.1, 0.15) is 0 Å². The first-order valence-corrected chi connectivity index (χ1v) is 5.67. The van der Waals surface area contributed by atoms with E-state index in [0.29, 0.717) is 0 Å². The number of nitrogens with one attached hydrogen (secondary N) is 1. The summed E-state index contributed by atoms with van der Waals surface area (Å²) in [6, 6.07) is 0. The van der Waals surface area contributed by atoms with Gasteiger partial charge in [-0.15, -0.1) is 0 Å². The van der Waals surface area contributed by atoms with Crippen LogP contribution in [0.3, 0.4) is 0 Å². The lowest BCUT2D eigenvalue weighted by molar-refractivity contribution is 0.550. The first kappa shape index (κ1) is 10.8. The van der Waals surface area contributed by atoms with Crippen molar-refractivity contribution < 1.29 is 0 Å². The molecule has 0 amide bonds. The van der Waals surface area contributed by atoms with E-state index < -0.39 is 0 Å². The van der Waals surface area contributed by atoms with E-state index in [-0.39, 0.29) is 0 Å². The van der Waals surface area contributed by atoms with E-state index in [1.807, 2.05) is 0 Å². The second-order valence-electron chi connectivity index (χ2n) is 4.44. The highest BCUT2D eigenvalue weighted by atomic mass is 14.8. The van der Waals surface area contributed by atoms with E-state index in [0.717, 1.165) is 5.92 Å². The summed E-state index contributed by atoms with van der Waals surface area (Å²) in [7, 11) is 0. The summed E-state index contributed by atoms with van der Waals surface area (Å²) < 4.78 is 0. The third kappa shape index (κ3) is 5.09. The van der Waals surface area contributed by atoms with Crippen molar-refractivity contribution in [1.29, 1.82) is 0 Å². The number of hydrogen-bond donors (Lipinski definition) is 1. The molecule has 0 aromatic rings. The van der Waals surface area contributed by atoms with Gasteiger partial charge in [0, 0.05) is 0 Å². The molecule has 0 bridgehead atoms. The van der Waals surface area contributed by atoms with Crippen LogP contribution in [-0.2, 0) is 0 Å². The third-order valence-corrected chi connectivity index (χ3v) is 2.66. The van der Waals surface area contributed by atoms with Gasteiger partial charge in [0.05, 0.1) is 0 Å². The molecule has 13 heavy (non-hydrogen) atoms. The van der Waals surface area contributed by atoms with Crippen molar-refractivity contribution in [3.63, 3.8) is 0 Å². The predicted molar refractivity (Wildman–Crippen MR) is 58.9 cm³/mol. The minimum absolute atomic E-state index is 0.865. The van der Waals surface area contributed by atoms with Crippen LogP contribution in [0.1, 0.15) is 46.0 Å². The molecule has 0 fully saturated rings. The van der Waals surface area contributed by atoms with Crippen LogP contribution in [0.25, 0.3) is 0 Å². The van der Waals surface area contributed by atoms with Gasteiger partial charge in [-0.05, 0) is 44.7 Å². The zero-order valence-corrected chi connectivity index (χ0v) is 9.10. The van der Waals surface area contributed by atoms with Gasteiger partial charge in [0.15, 0.2) is 0 Å². The van der Waals surface area contributed by atoms with Crippen molar-refractivity contribution >= 4 is 0 Å². The molecule has 1 heterocycles. The largest absolute Gasteiger partial charge is 0.316 e. The van der Waals surface area contributed by atoms with Crippen molar-refractivity contribution in [2.24, 2.45) is 5.92 Å². The van der Waals surface area contributed by atoms with Crippen LogP contribution < -0.4 is 5.32 Å². The van der Waals surface area contributed by atoms with Gasteiger partial charge < -0.3 is 5.32 Å². The molecule has 1 nitrogen and oxygen atoms in total. The summed E-state index contributed by atoms with van der Waals surface area (Å²) in [6.45, 7) is 6.98. The average molecular weight is 181 g/mol. The van der Waals surface area contributed by atoms with E-state index in [2.05, 4.69) is 25.2 Å². The van der Waals surface area contributed by atoms with E-state index >= 15 is 0 Å². The molecule has 1 N–H and O–H groups in total. The van der Waals surface area contributed by atoms with Crippen LogP contribution in [-0.4, -0.2) is 13.1 Å². The molecule has 0 unspecified atom stereocenters. The van der Waals surface area contributed by atoms with Crippen LogP contribution in [0.2, 0.25) is 0 Å². The highest BCUT2D eigenvalue weighted by Gasteiger charge is 2.02. The molecule has 76 valence electrons. The van der Waals surface area contributed by atoms with Gasteiger partial charge in [-0.3, -0.25) is 0 Å². The van der Waals surface area contributed by atoms with Crippen molar-refractivity contribution in [3.05, 3.63) is 11.6 Å². The minimum Gasteiger partial charge on any atom is -0.316 e. The monoisotopic (exact) mass is 181 g/mol. The molecule has 0 saturated carbocycles. The molecule has 1 heteroatoms. The van der Waals surface area contributed by atoms with Gasteiger partial charge in [0.25, 0.3) is 0 Å². The summed E-state index contributed by atoms with van der Waals surface area (Å²) >= 11 is 0. The van der Waals surface area contributed by atoms with Crippen LogP contribution in [0.4, 0.5) is 0 Å². The quantitative estimate of drug-likeness (QED) is 0.657. The molecule has 0 saturated heterocycles. The summed E-state index contributed by atoms with van der Waals surface area (Å²) in [5.74, 6) is 0.865. The second-order valence-corrected chi connectivity index (χ2v) is 4.44. The van der Waals surface area contributed by atoms with E-state index in [1.165, 1.54) is 45.2 Å². The molecule has 0 spiro atoms. The van der Waals surface area contributed by atoms with Gasteiger partial charge in [-0.2, -0.15) is 0 Å². The van der Waals surface area contributed by atoms with E-state index in [4.69, 9.17) is 0 Å². The van der Waals surface area contributed by atoms with E-state index in [1.54, 1.807) is 5.57 Å². The Bertz CT molecular complexity index is 159. The Balaban J connectivity index is 2.15. The summed E-state index contributed by atoms with van der Waals surface area (Å²) in [4.78, 5) is 0. The maximum absolute atomic E-state index is 3.42. The number of hydrogen-bond acceptors (Lipinski definition) is 1. The molecular formula is C12H23N. The molecule has 0 aromatic heterocycles. The average Bonchev–Trinajstić information content (AvgIpc) is 2.32. The smallest absolute Gasteiger partial charge is 0.00115 e. The van der Waals surface area contributed by atoms with Crippen molar-refractivity contribution in [2.45, 2.75) is 46.0 Å². The lowest BCUT2D eigenvalue weighted by atomic mass is 10.0. The van der Waals surface area contributed by atoms with Crippen LogP contribution in [0, 0.1) is 5.92 Å². The Hall–Kier alpha value is -0.300. The Morgan fingerprint density at radius 1 is 1.38 bits per heavy atom. The maximum atomic E-state index is 3.42. The third-order valence-electron chi connectivity index (χ3n) is 2.66. The van der Waals surface area contributed by atoms with E-state index in [9.17, 15) is 0 Å². The first-order valence-electron chi connectivity index (χ1n) is 5.67. The fourth-order valence-corrected chi connectivity index (χ4v) is 1.82. The highest BCUT2D eigenvalue weighted by Crippen LogP contribution is 2.16. The zero-order valence-electron chi connectivity index (χ0n) is 9.10. The minimum atomic E-state index is 0.865. The van der Waals surface area contributed by atoms with Crippen LogP contribution in [0.15, 0.2) is 11.6 Å². The molecule has 1 aliphatic heterocycles. The lowest BCUT2D eigenvalue weighted by Crippen LogP contribution is -2.13. The lowest BCUT2D eigenvalue weighted by Gasteiger charge is -2.06. The fourth-order valence-electron chi connectivity index (χ4n) is 1.82. The standard InChI is InChI=1S/C12H23N/c1-11(2)5-3-6-12-7-4-9-13-10-8-12/h7,11,13H,3-6,8-10H2,1-2H3. The van der Waals surface area contributed by atoms with Crippen LogP contribution in [0.5, 0.6) is 0 Å². The first-order chi connectivity index (χ1) is 6.29. The Morgan fingerprint density at radius 3 is 3.00 bits per heavy atom. The number of rotatable bonds is 4. The second kappa shape index (κ2) is 6.20. The highest BCUT2D eigenvalue weighted by molar-refractivity contribution is 5.04. The zero-order chi connectivity index (χ0) is 9.52. The molecule has 1 aliphatic rings. The summed E-state index contributed by atoms with van der Waals surface area (Å²) in [5.41, 5.74) is 1.69. The molecule has 0 aliphatic carbocycles. The Kier molecular flexibility index (Phi) is 5.14. The topological polar surface area (TPSA) is 12.0 Å². The molecule has 0 atom stereocenters. The van der Waals surface area contributed by atoms with Gasteiger partial charge in [-0.25, -0.2) is 0 Å². The maximum Gasteiger partial charge on any atom is -0.00115 e. The summed E-state index contributed by atoms with van der Waals surface area (Å²) in [6.07, 6.45) is 9.05. The normalized spacial score (nSPS) is 18.5. The van der Waals surface area contributed by atoms with Gasteiger partial charge >= 0.3 is 0 Å². The molecule has 0 radical (unpaired) electrons. The Labute approximate surface area is 82.6 Å². The molecule has 0 aromatic carbocycles.